The van der Waals surface area contributed by atoms with Crippen molar-refractivity contribution >= 4 is 0 Å². The van der Waals surface area contributed by atoms with Gasteiger partial charge in [-0.3, -0.25) is 0 Å². The molecule has 0 bridgehead atoms. The highest BCUT2D eigenvalue weighted by atomic mass is 16.7. The summed E-state index contributed by atoms with van der Waals surface area (Å²) in [7, 11) is 0. The van der Waals surface area contributed by atoms with Gasteiger partial charge in [-0.1, -0.05) is 154 Å². The molecule has 0 aliphatic carbocycles. The van der Waals surface area contributed by atoms with E-state index in [1.807, 2.05) is 0 Å². The van der Waals surface area contributed by atoms with Crippen LogP contribution in [0.5, 0.6) is 0 Å². The van der Waals surface area contributed by atoms with Crippen LogP contribution in [-0.4, -0.2) is 25.0 Å². The monoisotopic (exact) mass is 632 g/mol. The zero-order chi connectivity index (χ0) is 32.4. The van der Waals surface area contributed by atoms with E-state index in [2.05, 4.69) is 38.2 Å². The van der Waals surface area contributed by atoms with Gasteiger partial charge in [0.1, 0.15) is 0 Å². The topological polar surface area (TPSA) is 44.5 Å². The van der Waals surface area contributed by atoms with Gasteiger partial charge >= 0.3 is 0 Å². The Hall–Kier alpha value is -0.640. The summed E-state index contributed by atoms with van der Waals surface area (Å²) in [5.41, 5.74) is 5.78. The van der Waals surface area contributed by atoms with Gasteiger partial charge in [0.05, 0.1) is 12.7 Å². The summed E-state index contributed by atoms with van der Waals surface area (Å²) < 4.78 is 13.0. The average molecular weight is 632 g/mol. The van der Waals surface area contributed by atoms with E-state index >= 15 is 0 Å². The molecule has 1 aliphatic rings. The van der Waals surface area contributed by atoms with Crippen molar-refractivity contribution in [3.8, 4) is 0 Å². The Bertz CT molecular complexity index is 603. The van der Waals surface area contributed by atoms with Gasteiger partial charge in [-0.05, 0) is 83.6 Å². The Kier molecular flexibility index (Phi) is 31.3. The highest BCUT2D eigenvalue weighted by molar-refractivity contribution is 4.83. The lowest BCUT2D eigenvalue weighted by Crippen LogP contribution is -2.31. The van der Waals surface area contributed by atoms with Crippen molar-refractivity contribution in [1.82, 2.24) is 0 Å². The number of rotatable bonds is 35. The molecular formula is C42H81NO2. The zero-order valence-electron chi connectivity index (χ0n) is 30.8. The number of nitrogens with two attached hydrogens (primary N) is 1. The summed E-state index contributed by atoms with van der Waals surface area (Å²) in [6.45, 7) is 6.09. The predicted octanol–water partition coefficient (Wildman–Crippen LogP) is 13.7. The largest absolute Gasteiger partial charge is 0.347 e. The molecule has 3 heteroatoms. The predicted molar refractivity (Wildman–Crippen MR) is 200 cm³/mol. The molecular weight excluding hydrogens is 550 g/mol. The lowest BCUT2D eigenvalue weighted by molar-refractivity contribution is -0.180. The fourth-order valence-electron chi connectivity index (χ4n) is 6.78. The van der Waals surface area contributed by atoms with Crippen LogP contribution in [0.1, 0.15) is 219 Å². The van der Waals surface area contributed by atoms with Crippen LogP contribution in [0.25, 0.3) is 0 Å². The van der Waals surface area contributed by atoms with Crippen molar-refractivity contribution in [3.63, 3.8) is 0 Å². The second-order valence-electron chi connectivity index (χ2n) is 14.3. The number of hydrogen-bond donors (Lipinski definition) is 1. The summed E-state index contributed by atoms with van der Waals surface area (Å²) >= 11 is 0. The average Bonchev–Trinajstić information content (AvgIpc) is 3.46. The molecule has 1 rings (SSSR count). The molecule has 1 unspecified atom stereocenters. The molecule has 45 heavy (non-hydrogen) atoms. The van der Waals surface area contributed by atoms with Gasteiger partial charge in [-0.25, -0.2) is 0 Å². The Morgan fingerprint density at radius 1 is 0.489 bits per heavy atom. The summed E-state index contributed by atoms with van der Waals surface area (Å²) in [4.78, 5) is 0. The Balaban J connectivity index is 2.09. The number of unbranched alkanes of at least 4 members (excludes halogenated alkanes) is 24. The van der Waals surface area contributed by atoms with E-state index in [1.165, 1.54) is 180 Å². The third-order valence-corrected chi connectivity index (χ3v) is 9.78. The minimum atomic E-state index is -0.319. The second-order valence-corrected chi connectivity index (χ2v) is 14.3. The van der Waals surface area contributed by atoms with Crippen molar-refractivity contribution in [3.05, 3.63) is 24.3 Å². The molecule has 0 radical (unpaired) electrons. The molecule has 0 spiro atoms. The fraction of sp³-hybridized carbons (Fsp3) is 0.905. The van der Waals surface area contributed by atoms with E-state index in [9.17, 15) is 0 Å². The highest BCUT2D eigenvalue weighted by Gasteiger charge is 2.40. The summed E-state index contributed by atoms with van der Waals surface area (Å²) in [5, 5.41) is 0. The smallest absolute Gasteiger partial charge is 0.168 e. The Morgan fingerprint density at radius 3 is 1.22 bits per heavy atom. The molecule has 1 saturated heterocycles. The number of hydrogen-bond acceptors (Lipinski definition) is 3. The molecule has 0 aromatic rings. The standard InChI is InChI=1S/C42H81NO2/c1-3-5-7-9-11-13-15-17-19-21-23-25-27-29-31-33-37-42(44-40-41(45-42)36-35-39-43)38-34-32-30-28-26-24-22-20-18-16-14-12-10-8-6-4-2/h17-20,41H,3-16,21-40,43H2,1-2H3/b19-17-,20-18-. The van der Waals surface area contributed by atoms with Crippen LogP contribution in [0.3, 0.4) is 0 Å². The minimum Gasteiger partial charge on any atom is -0.347 e. The lowest BCUT2D eigenvalue weighted by atomic mass is 9.98. The summed E-state index contributed by atoms with van der Waals surface area (Å²) in [6.07, 6.45) is 52.0. The normalized spacial score (nSPS) is 16.6. The van der Waals surface area contributed by atoms with Gasteiger partial charge in [-0.15, -0.1) is 0 Å². The van der Waals surface area contributed by atoms with E-state index in [-0.39, 0.29) is 11.9 Å². The van der Waals surface area contributed by atoms with Crippen LogP contribution in [-0.2, 0) is 9.47 Å². The number of ether oxygens (including phenoxy) is 2. The first-order valence-corrected chi connectivity index (χ1v) is 20.6. The van der Waals surface area contributed by atoms with E-state index in [1.54, 1.807) is 0 Å². The maximum atomic E-state index is 6.61. The molecule has 1 heterocycles. The van der Waals surface area contributed by atoms with Gasteiger partial charge < -0.3 is 15.2 Å². The molecule has 0 aromatic carbocycles. The maximum absolute atomic E-state index is 6.61. The number of allylic oxidation sites excluding steroid dienone is 4. The van der Waals surface area contributed by atoms with Crippen molar-refractivity contribution in [2.75, 3.05) is 13.2 Å². The van der Waals surface area contributed by atoms with E-state index in [0.29, 0.717) is 0 Å². The van der Waals surface area contributed by atoms with Crippen molar-refractivity contribution in [1.29, 1.82) is 0 Å². The second kappa shape index (κ2) is 33.3. The third kappa shape index (κ3) is 27.1. The summed E-state index contributed by atoms with van der Waals surface area (Å²) in [5.74, 6) is -0.319. The van der Waals surface area contributed by atoms with Gasteiger partial charge in [0, 0.05) is 12.8 Å². The first-order valence-electron chi connectivity index (χ1n) is 20.6. The molecule has 266 valence electrons. The van der Waals surface area contributed by atoms with Crippen LogP contribution in [0.2, 0.25) is 0 Å². The molecule has 1 fully saturated rings. The molecule has 2 N–H and O–H groups in total. The van der Waals surface area contributed by atoms with Crippen LogP contribution in [0, 0.1) is 0 Å². The van der Waals surface area contributed by atoms with Gasteiger partial charge in [-0.2, -0.15) is 0 Å². The Morgan fingerprint density at radius 2 is 0.844 bits per heavy atom. The quantitative estimate of drug-likeness (QED) is 0.0559. The van der Waals surface area contributed by atoms with Crippen molar-refractivity contribution in [2.45, 2.75) is 231 Å². The first-order chi connectivity index (χ1) is 22.3. The van der Waals surface area contributed by atoms with E-state index in [0.717, 1.165) is 38.8 Å². The minimum absolute atomic E-state index is 0.247. The third-order valence-electron chi connectivity index (χ3n) is 9.78. The van der Waals surface area contributed by atoms with Gasteiger partial charge in [0.15, 0.2) is 5.79 Å². The molecule has 0 amide bonds. The van der Waals surface area contributed by atoms with Crippen LogP contribution >= 0.6 is 0 Å². The van der Waals surface area contributed by atoms with Crippen LogP contribution in [0.15, 0.2) is 24.3 Å². The molecule has 0 aromatic heterocycles. The van der Waals surface area contributed by atoms with E-state index in [4.69, 9.17) is 15.2 Å². The molecule has 1 aliphatic heterocycles. The molecule has 3 nitrogen and oxygen atoms in total. The highest BCUT2D eigenvalue weighted by Crippen LogP contribution is 2.36. The Labute approximate surface area is 283 Å². The summed E-state index contributed by atoms with van der Waals surface area (Å²) in [6, 6.07) is 0. The van der Waals surface area contributed by atoms with Gasteiger partial charge in [0.25, 0.3) is 0 Å². The van der Waals surface area contributed by atoms with Crippen molar-refractivity contribution < 1.29 is 9.47 Å². The fourth-order valence-corrected chi connectivity index (χ4v) is 6.78. The molecule has 0 saturated carbocycles. The van der Waals surface area contributed by atoms with Gasteiger partial charge in [0.2, 0.25) is 0 Å². The zero-order valence-corrected chi connectivity index (χ0v) is 30.8. The lowest BCUT2D eigenvalue weighted by Gasteiger charge is -2.28. The van der Waals surface area contributed by atoms with Crippen LogP contribution < -0.4 is 5.73 Å². The first kappa shape index (κ1) is 42.4. The SMILES string of the molecule is CCCCCCCC/C=C\CCCCCCCCC1(CCCCCCCC/C=C\CCCCCCCC)OCC(CCCN)O1. The maximum Gasteiger partial charge on any atom is 0.168 e. The van der Waals surface area contributed by atoms with Crippen molar-refractivity contribution in [2.24, 2.45) is 5.73 Å². The molecule has 1 atom stereocenters. The van der Waals surface area contributed by atoms with Crippen LogP contribution in [0.4, 0.5) is 0 Å². The van der Waals surface area contributed by atoms with E-state index < -0.39 is 0 Å².